The van der Waals surface area contributed by atoms with Gasteiger partial charge in [0.25, 0.3) is 0 Å². The lowest BCUT2D eigenvalue weighted by Crippen LogP contribution is -2.40. The molecule has 0 N–H and O–H groups in total. The average Bonchev–Trinajstić information content (AvgIpc) is 3.25. The van der Waals surface area contributed by atoms with Crippen molar-refractivity contribution < 1.29 is 0 Å². The monoisotopic (exact) mass is 702 g/mol. The molecule has 0 fully saturated rings. The molecular formula is C50H40P2+2. The molecule has 52 heavy (non-hydrogen) atoms. The molecule has 0 amide bonds. The molecule has 8 aromatic rings. The Morgan fingerprint density at radius 1 is 0.212 bits per heavy atom. The molecule has 0 nitrogen and oxygen atoms in total. The van der Waals surface area contributed by atoms with E-state index in [0.29, 0.717) is 0 Å². The van der Waals surface area contributed by atoms with Gasteiger partial charge in [-0.2, -0.15) is 0 Å². The SMILES string of the molecule is c1ccc(C(=C([P+](c2ccccc2)(c2ccccc2)c2ccccc2)[P+](c2ccccc2)(c2ccccc2)c2ccccc2)c2ccccc2)cc1. The molecular weight excluding hydrogens is 662 g/mol. The van der Waals surface area contributed by atoms with Gasteiger partial charge in [-0.15, -0.1) is 0 Å². The molecule has 0 saturated heterocycles. The van der Waals surface area contributed by atoms with Crippen LogP contribution in [0.5, 0.6) is 0 Å². The standard InChI is InChI=1S/C50H40P2/c1-9-25-41(26-10-1)49(42-27-11-2-12-28-42)50(51(43-29-13-3-14-30-43,44-31-15-4-16-32-44)45-33-17-5-18-34-45)52(46-35-19-6-20-36-46,47-37-21-7-22-38-47)48-39-23-8-24-40-48/h1-40H/q+2. The smallest absolute Gasteiger partial charge is 0.0622 e. The summed E-state index contributed by atoms with van der Waals surface area (Å²) in [6.07, 6.45) is 0. The average molecular weight is 703 g/mol. The van der Waals surface area contributed by atoms with Crippen LogP contribution >= 0.6 is 14.5 Å². The maximum atomic E-state index is 2.39. The summed E-state index contributed by atoms with van der Waals surface area (Å²) in [6, 6.07) is 90.6. The van der Waals surface area contributed by atoms with E-state index < -0.39 is 14.5 Å². The Bertz CT molecular complexity index is 1980. The Morgan fingerprint density at radius 3 is 0.577 bits per heavy atom. The second-order valence-corrected chi connectivity index (χ2v) is 19.8. The fourth-order valence-electron chi connectivity index (χ4n) is 7.73. The van der Waals surface area contributed by atoms with Crippen molar-refractivity contribution in [1.82, 2.24) is 0 Å². The summed E-state index contributed by atoms with van der Waals surface area (Å²) in [7, 11) is -5.48. The molecule has 0 atom stereocenters. The van der Waals surface area contributed by atoms with Crippen LogP contribution in [0.15, 0.2) is 248 Å². The van der Waals surface area contributed by atoms with Crippen molar-refractivity contribution in [1.29, 1.82) is 0 Å². The third kappa shape index (κ3) is 5.95. The largest absolute Gasteiger partial charge is 0.242 e. The molecule has 0 bridgehead atoms. The van der Waals surface area contributed by atoms with Crippen molar-refractivity contribution in [2.45, 2.75) is 0 Å². The van der Waals surface area contributed by atoms with Crippen LogP contribution in [0, 0.1) is 0 Å². The maximum absolute atomic E-state index is 2.74. The van der Waals surface area contributed by atoms with E-state index in [1.165, 1.54) is 53.6 Å². The van der Waals surface area contributed by atoms with Crippen molar-refractivity contribution >= 4 is 51.9 Å². The van der Waals surface area contributed by atoms with Crippen LogP contribution in [-0.4, -0.2) is 0 Å². The fourth-order valence-corrected chi connectivity index (χ4v) is 19.8. The van der Waals surface area contributed by atoms with Crippen molar-refractivity contribution in [3.05, 3.63) is 259 Å². The van der Waals surface area contributed by atoms with Gasteiger partial charge in [-0.1, -0.05) is 170 Å². The molecule has 2 heteroatoms. The maximum Gasteiger partial charge on any atom is 0.242 e. The first-order valence-electron chi connectivity index (χ1n) is 17.8. The summed E-state index contributed by atoms with van der Waals surface area (Å²) >= 11 is 0. The van der Waals surface area contributed by atoms with E-state index in [4.69, 9.17) is 0 Å². The van der Waals surface area contributed by atoms with Crippen molar-refractivity contribution in [2.24, 2.45) is 0 Å². The summed E-state index contributed by atoms with van der Waals surface area (Å²) in [5, 5.41) is 9.47. The molecule has 0 radical (unpaired) electrons. The first-order chi connectivity index (χ1) is 25.8. The highest BCUT2D eigenvalue weighted by atomic mass is 31.2. The molecule has 0 spiro atoms. The topological polar surface area (TPSA) is 0 Å². The highest BCUT2D eigenvalue weighted by molar-refractivity contribution is 8.16. The van der Waals surface area contributed by atoms with E-state index >= 15 is 0 Å². The molecule has 0 aliphatic heterocycles. The van der Waals surface area contributed by atoms with Gasteiger partial charge >= 0.3 is 0 Å². The quantitative estimate of drug-likeness (QED) is 0.125. The van der Waals surface area contributed by atoms with Crippen molar-refractivity contribution in [2.75, 3.05) is 0 Å². The van der Waals surface area contributed by atoms with Gasteiger partial charge in [-0.05, 0) is 83.9 Å². The van der Waals surface area contributed by atoms with Crippen LogP contribution in [0.1, 0.15) is 11.1 Å². The molecule has 0 aliphatic carbocycles. The molecule has 0 unspecified atom stereocenters. The normalized spacial score (nSPS) is 11.5. The summed E-state index contributed by atoms with van der Waals surface area (Å²) < 4.78 is 0. The Morgan fingerprint density at radius 2 is 0.385 bits per heavy atom. The van der Waals surface area contributed by atoms with Crippen LogP contribution in [-0.2, 0) is 0 Å². The minimum atomic E-state index is -2.74. The second kappa shape index (κ2) is 15.3. The Kier molecular flexibility index (Phi) is 9.86. The minimum absolute atomic E-state index is 1.21. The third-order valence-electron chi connectivity index (χ3n) is 9.84. The van der Waals surface area contributed by atoms with Gasteiger partial charge in [-0.25, -0.2) is 0 Å². The molecule has 8 rings (SSSR count). The van der Waals surface area contributed by atoms with Gasteiger partial charge in [0.15, 0.2) is 14.5 Å². The molecule has 0 saturated carbocycles. The molecule has 0 aliphatic rings. The first-order valence-corrected chi connectivity index (χ1v) is 21.4. The highest BCUT2D eigenvalue weighted by Gasteiger charge is 2.67. The van der Waals surface area contributed by atoms with E-state index in [-0.39, 0.29) is 0 Å². The summed E-state index contributed by atoms with van der Waals surface area (Å²) in [6.45, 7) is 0. The number of hydrogen-bond acceptors (Lipinski definition) is 0. The first kappa shape index (κ1) is 33.5. The Hall–Kier alpha value is -5.64. The van der Waals surface area contributed by atoms with Gasteiger partial charge in [0.1, 0.15) is 31.8 Å². The van der Waals surface area contributed by atoms with Gasteiger partial charge in [0.2, 0.25) is 5.06 Å². The van der Waals surface area contributed by atoms with Crippen LogP contribution in [0.4, 0.5) is 0 Å². The summed E-state index contributed by atoms with van der Waals surface area (Å²) in [5.41, 5.74) is 3.71. The van der Waals surface area contributed by atoms with Crippen molar-refractivity contribution in [3.8, 4) is 0 Å². The molecule has 8 aromatic carbocycles. The van der Waals surface area contributed by atoms with Crippen LogP contribution in [0.2, 0.25) is 0 Å². The van der Waals surface area contributed by atoms with E-state index in [0.717, 1.165) is 0 Å². The number of hydrogen-bond donors (Lipinski definition) is 0. The number of benzene rings is 8. The van der Waals surface area contributed by atoms with Crippen LogP contribution in [0.3, 0.4) is 0 Å². The summed E-state index contributed by atoms with van der Waals surface area (Å²) in [4.78, 5) is 0. The van der Waals surface area contributed by atoms with E-state index in [1.54, 1.807) is 0 Å². The minimum Gasteiger partial charge on any atom is -0.0622 e. The third-order valence-corrected chi connectivity index (χ3v) is 19.8. The lowest BCUT2D eigenvalue weighted by molar-refractivity contribution is 1.55. The van der Waals surface area contributed by atoms with Gasteiger partial charge < -0.3 is 0 Å². The zero-order valence-electron chi connectivity index (χ0n) is 29.0. The Labute approximate surface area is 309 Å². The van der Waals surface area contributed by atoms with E-state index in [2.05, 4.69) is 243 Å². The van der Waals surface area contributed by atoms with E-state index in [9.17, 15) is 0 Å². The van der Waals surface area contributed by atoms with Gasteiger partial charge in [0, 0.05) is 0 Å². The Balaban J connectivity index is 1.76. The van der Waals surface area contributed by atoms with Crippen LogP contribution in [0.25, 0.3) is 5.57 Å². The highest BCUT2D eigenvalue weighted by Crippen LogP contribution is 2.82. The zero-order valence-corrected chi connectivity index (χ0v) is 30.8. The summed E-state index contributed by atoms with van der Waals surface area (Å²) in [5.74, 6) is 0. The second-order valence-electron chi connectivity index (χ2n) is 12.8. The predicted molar refractivity (Wildman–Crippen MR) is 229 cm³/mol. The van der Waals surface area contributed by atoms with E-state index in [1.807, 2.05) is 0 Å². The van der Waals surface area contributed by atoms with Gasteiger partial charge in [0.05, 0.1) is 5.57 Å². The van der Waals surface area contributed by atoms with Gasteiger partial charge in [-0.3, -0.25) is 0 Å². The zero-order chi connectivity index (χ0) is 35.1. The number of rotatable bonds is 10. The lowest BCUT2D eigenvalue weighted by Gasteiger charge is -2.37. The van der Waals surface area contributed by atoms with Crippen molar-refractivity contribution in [3.63, 3.8) is 0 Å². The molecule has 0 aromatic heterocycles. The lowest BCUT2D eigenvalue weighted by atomic mass is 10.00. The van der Waals surface area contributed by atoms with Crippen LogP contribution < -0.4 is 31.8 Å². The molecule has 248 valence electrons. The predicted octanol–water partition coefficient (Wildman–Crippen LogP) is 10.4. The molecule has 0 heterocycles. The fraction of sp³-hybridized carbons (Fsp3) is 0.